The molecule has 1 fully saturated rings. The van der Waals surface area contributed by atoms with Crippen LogP contribution in [0.25, 0.3) is 10.4 Å². The summed E-state index contributed by atoms with van der Waals surface area (Å²) < 4.78 is 4.25. The molecule has 0 unspecified atom stereocenters. The average molecular weight is 452 g/mol. The number of rotatable bonds is 8. The minimum absolute atomic E-state index is 0.0560. The van der Waals surface area contributed by atoms with Crippen LogP contribution in [0.2, 0.25) is 0 Å². The van der Waals surface area contributed by atoms with Crippen molar-refractivity contribution in [2.75, 3.05) is 12.8 Å². The summed E-state index contributed by atoms with van der Waals surface area (Å²) in [6, 6.07) is -0.304. The second kappa shape index (κ2) is 7.99. The van der Waals surface area contributed by atoms with Crippen molar-refractivity contribution < 1.29 is 24.4 Å². The van der Waals surface area contributed by atoms with Crippen molar-refractivity contribution in [3.63, 3.8) is 0 Å². The van der Waals surface area contributed by atoms with E-state index in [0.717, 1.165) is 34.1 Å². The number of carbonyl (C=O) groups is 2. The molecule has 4 atom stereocenters. The highest BCUT2D eigenvalue weighted by atomic mass is 32.2. The van der Waals surface area contributed by atoms with Crippen LogP contribution in [-0.4, -0.2) is 56.3 Å². The monoisotopic (exact) mass is 451 g/mol. The number of aliphatic hydroxyl groups excluding tert-OH is 1. The lowest BCUT2D eigenvalue weighted by molar-refractivity contribution is -0.730. The second-order valence-electron chi connectivity index (χ2n) is 7.94. The first-order valence-corrected chi connectivity index (χ1v) is 12.1. The van der Waals surface area contributed by atoms with Gasteiger partial charge in [-0.15, -0.1) is 0 Å². The quantitative estimate of drug-likeness (QED) is 0.242. The van der Waals surface area contributed by atoms with Gasteiger partial charge in [0, 0.05) is 11.5 Å². The Balaban J connectivity index is 1.75. The molecule has 8 nitrogen and oxygen atoms in total. The maximum Gasteiger partial charge on any atom is 0.352 e. The normalized spacial score (nSPS) is 24.5. The van der Waals surface area contributed by atoms with Gasteiger partial charge in [-0.25, -0.2) is 9.36 Å². The number of fused-ring (bicyclic) bond motifs is 2. The smallest absolute Gasteiger partial charge is 0.352 e. The molecule has 1 amide bonds. The highest BCUT2D eigenvalue weighted by molar-refractivity contribution is 7.98. The Kier molecular flexibility index (Phi) is 5.69. The molecule has 0 radical (unpaired) electrons. The third kappa shape index (κ3) is 3.08. The number of nitrogens with zero attached hydrogens (tertiary/aromatic N) is 3. The van der Waals surface area contributed by atoms with Crippen LogP contribution in [0.4, 0.5) is 0 Å². The summed E-state index contributed by atoms with van der Waals surface area (Å²) in [7, 11) is 0. The number of aromatic nitrogens is 2. The number of aliphatic carboxylic acids is 1. The third-order valence-corrected chi connectivity index (χ3v) is 8.18. The molecule has 1 saturated heterocycles. The van der Waals surface area contributed by atoms with Crippen LogP contribution in [-0.2, 0) is 16.1 Å². The van der Waals surface area contributed by atoms with E-state index in [-0.39, 0.29) is 23.6 Å². The Hall–Kier alpha value is -1.88. The van der Waals surface area contributed by atoms with E-state index in [9.17, 15) is 19.8 Å². The number of unbranched alkanes of at least 4 members (excludes halogenated alkanes) is 1. The highest BCUT2D eigenvalue weighted by Crippen LogP contribution is 2.51. The molecule has 0 spiro atoms. The van der Waals surface area contributed by atoms with Crippen molar-refractivity contribution in [2.24, 2.45) is 17.6 Å². The summed E-state index contributed by atoms with van der Waals surface area (Å²) in [6.07, 6.45) is 7.21. The molecule has 2 aromatic rings. The first-order chi connectivity index (χ1) is 14.3. The maximum absolute atomic E-state index is 12.6. The zero-order valence-electron chi connectivity index (χ0n) is 17.2. The fourth-order valence-electron chi connectivity index (χ4n) is 4.74. The van der Waals surface area contributed by atoms with E-state index in [1.54, 1.807) is 30.0 Å². The molecule has 10 heteroatoms. The molecule has 0 saturated carbocycles. The Morgan fingerprint density at radius 1 is 1.43 bits per heavy atom. The predicted molar refractivity (Wildman–Crippen MR) is 115 cm³/mol. The van der Waals surface area contributed by atoms with E-state index < -0.39 is 18.0 Å². The van der Waals surface area contributed by atoms with Crippen LogP contribution in [0.5, 0.6) is 0 Å². The van der Waals surface area contributed by atoms with E-state index in [1.807, 2.05) is 30.1 Å². The standard InChI is InChI=1S/C20H26N4O4S2/c1-10-13(16(20(27)28)24-15(10)14(11(2)25)17(24)26)12-8-23-9-22(7-5-4-6-21)18(29-3)19(23)30-12/h8-11,14-15,25H,4-7,21H2,1-3H3/p+1/t10-,11+,14+,15+/m0/s1. The van der Waals surface area contributed by atoms with E-state index in [1.165, 1.54) is 4.90 Å². The van der Waals surface area contributed by atoms with Gasteiger partial charge in [-0.2, -0.15) is 4.40 Å². The summed E-state index contributed by atoms with van der Waals surface area (Å²) in [6.45, 7) is 5.10. The molecule has 0 aliphatic carbocycles. The van der Waals surface area contributed by atoms with Gasteiger partial charge >= 0.3 is 5.97 Å². The zero-order valence-corrected chi connectivity index (χ0v) is 18.9. The number of carbonyl (C=O) groups excluding carboxylic acids is 1. The van der Waals surface area contributed by atoms with Crippen LogP contribution >= 0.6 is 23.1 Å². The van der Waals surface area contributed by atoms with E-state index in [0.29, 0.717) is 12.1 Å². The molecule has 4 heterocycles. The number of imidazole rings is 1. The largest absolute Gasteiger partial charge is 0.477 e. The number of nitrogens with two attached hydrogens (primary N) is 1. The molecular weight excluding hydrogens is 424 g/mol. The first-order valence-electron chi connectivity index (χ1n) is 10.1. The molecule has 162 valence electrons. The van der Waals surface area contributed by atoms with Gasteiger partial charge < -0.3 is 20.8 Å². The average Bonchev–Trinajstić information content (AvgIpc) is 3.29. The number of carboxylic acid groups (broad SMARTS) is 1. The van der Waals surface area contributed by atoms with Gasteiger partial charge in [-0.3, -0.25) is 4.79 Å². The number of thiazole rings is 1. The number of aryl methyl sites for hydroxylation is 1. The number of hydrogen-bond donors (Lipinski definition) is 3. The van der Waals surface area contributed by atoms with Crippen molar-refractivity contribution in [3.8, 4) is 0 Å². The van der Waals surface area contributed by atoms with Gasteiger partial charge in [0.1, 0.15) is 11.9 Å². The second-order valence-corrected chi connectivity index (χ2v) is 9.77. The Bertz CT molecular complexity index is 1040. The van der Waals surface area contributed by atoms with Crippen molar-refractivity contribution in [3.05, 3.63) is 23.1 Å². The fourth-order valence-corrected chi connectivity index (χ4v) is 6.95. The van der Waals surface area contributed by atoms with Gasteiger partial charge in [0.15, 0.2) is 0 Å². The molecule has 0 aromatic carbocycles. The van der Waals surface area contributed by atoms with Gasteiger partial charge in [0.25, 0.3) is 6.33 Å². The lowest BCUT2D eigenvalue weighted by Crippen LogP contribution is -2.63. The van der Waals surface area contributed by atoms with Gasteiger partial charge in [-0.05, 0) is 32.6 Å². The zero-order chi connectivity index (χ0) is 21.7. The van der Waals surface area contributed by atoms with Gasteiger partial charge in [0.2, 0.25) is 15.8 Å². The molecule has 2 aliphatic rings. The molecule has 30 heavy (non-hydrogen) atoms. The maximum atomic E-state index is 12.6. The molecule has 0 bridgehead atoms. The SMILES string of the molecule is CSc1c2sc(C3=C(C(=O)O)N4C(=O)[C@H]([C@@H](C)O)[C@H]4[C@H]3C)cn2c[n+]1CCCCN. The summed E-state index contributed by atoms with van der Waals surface area (Å²) in [5.41, 5.74) is 6.35. The number of thioether (sulfide) groups is 1. The van der Waals surface area contributed by atoms with Crippen molar-refractivity contribution in [1.82, 2.24) is 9.30 Å². The number of carboxylic acids is 1. The van der Waals surface area contributed by atoms with Gasteiger partial charge in [-0.1, -0.05) is 30.0 Å². The van der Waals surface area contributed by atoms with E-state index in [2.05, 4.69) is 4.57 Å². The summed E-state index contributed by atoms with van der Waals surface area (Å²) in [5, 5.41) is 21.0. The Labute approximate surface area is 183 Å². The lowest BCUT2D eigenvalue weighted by Gasteiger charge is -2.46. The topological polar surface area (TPSA) is 112 Å². The van der Waals surface area contributed by atoms with E-state index in [4.69, 9.17) is 5.73 Å². The minimum atomic E-state index is -1.10. The third-order valence-electron chi connectivity index (χ3n) is 6.09. The summed E-state index contributed by atoms with van der Waals surface area (Å²) in [4.78, 5) is 27.9. The minimum Gasteiger partial charge on any atom is -0.477 e. The lowest BCUT2D eigenvalue weighted by atomic mass is 9.77. The number of amides is 1. The molecule has 4 N–H and O–H groups in total. The number of hydrogen-bond acceptors (Lipinski definition) is 6. The Morgan fingerprint density at radius 3 is 2.77 bits per heavy atom. The van der Waals surface area contributed by atoms with Crippen LogP contribution in [0, 0.1) is 11.8 Å². The van der Waals surface area contributed by atoms with Crippen LogP contribution < -0.4 is 10.3 Å². The van der Waals surface area contributed by atoms with Crippen molar-refractivity contribution >= 4 is 45.4 Å². The van der Waals surface area contributed by atoms with Crippen LogP contribution in [0.3, 0.4) is 0 Å². The predicted octanol–water partition coefficient (Wildman–Crippen LogP) is 1.40. The highest BCUT2D eigenvalue weighted by Gasteiger charge is 2.60. The fraction of sp³-hybridized carbons (Fsp3) is 0.550. The van der Waals surface area contributed by atoms with Crippen molar-refractivity contribution in [2.45, 2.75) is 50.4 Å². The van der Waals surface area contributed by atoms with Gasteiger partial charge in [0.05, 0.1) is 29.5 Å². The van der Waals surface area contributed by atoms with Crippen LogP contribution in [0.1, 0.15) is 31.6 Å². The van der Waals surface area contributed by atoms with E-state index >= 15 is 0 Å². The molecular formula is C20H27N4O4S2+. The Morgan fingerprint density at radius 2 is 2.17 bits per heavy atom. The first kappa shape index (κ1) is 21.4. The van der Waals surface area contributed by atoms with Crippen molar-refractivity contribution in [1.29, 1.82) is 0 Å². The molecule has 2 aromatic heterocycles. The van der Waals surface area contributed by atoms with Crippen LogP contribution in [0.15, 0.2) is 23.2 Å². The summed E-state index contributed by atoms with van der Waals surface area (Å²) >= 11 is 3.21. The number of β-lactam (4-membered cyclic amide) rings is 1. The molecule has 2 aliphatic heterocycles. The summed E-state index contributed by atoms with van der Waals surface area (Å²) in [5.74, 6) is -2.12. The molecule has 4 rings (SSSR count). The number of aliphatic hydroxyl groups is 1.